The molecule has 0 aliphatic rings. The highest BCUT2D eigenvalue weighted by Crippen LogP contribution is 2.23. The minimum Gasteiger partial charge on any atom is -0.207 e. The van der Waals surface area contributed by atoms with E-state index in [1.807, 2.05) is 30.5 Å². The molecule has 19 heavy (non-hydrogen) atoms. The molecule has 0 N–H and O–H groups in total. The predicted molar refractivity (Wildman–Crippen MR) is 81.9 cm³/mol. The lowest BCUT2D eigenvalue weighted by atomic mass is 10.2. The lowest BCUT2D eigenvalue weighted by Gasteiger charge is -2.16. The SMILES string of the molecule is Cc1ccc(S(=O)(=O)N(C)Cc2csc(Br)c2)cc1. The third-order valence-corrected chi connectivity index (χ3v) is 6.13. The van der Waals surface area contributed by atoms with Gasteiger partial charge in [0.2, 0.25) is 10.0 Å². The zero-order chi connectivity index (χ0) is 14.0. The third kappa shape index (κ3) is 3.45. The van der Waals surface area contributed by atoms with Crippen LogP contribution in [0.5, 0.6) is 0 Å². The van der Waals surface area contributed by atoms with Crippen molar-refractivity contribution in [1.82, 2.24) is 4.31 Å². The lowest BCUT2D eigenvalue weighted by Crippen LogP contribution is -2.26. The summed E-state index contributed by atoms with van der Waals surface area (Å²) in [6.45, 7) is 2.31. The Labute approximate surface area is 126 Å². The van der Waals surface area contributed by atoms with Crippen LogP contribution in [-0.4, -0.2) is 19.8 Å². The zero-order valence-corrected chi connectivity index (χ0v) is 13.8. The quantitative estimate of drug-likeness (QED) is 0.835. The Balaban J connectivity index is 2.21. The Bertz CT molecular complexity index is 662. The molecule has 0 unspecified atom stereocenters. The summed E-state index contributed by atoms with van der Waals surface area (Å²) in [5.41, 5.74) is 2.03. The molecule has 102 valence electrons. The molecule has 0 saturated heterocycles. The van der Waals surface area contributed by atoms with E-state index in [0.717, 1.165) is 14.9 Å². The van der Waals surface area contributed by atoms with Crippen LogP contribution in [0, 0.1) is 6.92 Å². The normalized spacial score (nSPS) is 12.0. The molecule has 1 aromatic carbocycles. The van der Waals surface area contributed by atoms with Gasteiger partial charge in [-0.25, -0.2) is 8.42 Å². The van der Waals surface area contributed by atoms with Gasteiger partial charge in [0, 0.05) is 13.6 Å². The number of hydrogen-bond donors (Lipinski definition) is 0. The molecule has 0 bridgehead atoms. The van der Waals surface area contributed by atoms with Gasteiger partial charge in [-0.1, -0.05) is 17.7 Å². The smallest absolute Gasteiger partial charge is 0.207 e. The van der Waals surface area contributed by atoms with Crippen LogP contribution in [0.15, 0.2) is 44.4 Å². The van der Waals surface area contributed by atoms with Crippen LogP contribution in [0.2, 0.25) is 0 Å². The van der Waals surface area contributed by atoms with Crippen LogP contribution in [0.3, 0.4) is 0 Å². The molecule has 0 fully saturated rings. The van der Waals surface area contributed by atoms with Crippen LogP contribution in [0.1, 0.15) is 11.1 Å². The van der Waals surface area contributed by atoms with E-state index in [1.54, 1.807) is 30.5 Å². The average molecular weight is 360 g/mol. The molecule has 0 aliphatic carbocycles. The number of hydrogen-bond acceptors (Lipinski definition) is 3. The van der Waals surface area contributed by atoms with Crippen molar-refractivity contribution >= 4 is 37.3 Å². The van der Waals surface area contributed by atoms with Gasteiger partial charge in [-0.15, -0.1) is 11.3 Å². The van der Waals surface area contributed by atoms with E-state index in [1.165, 1.54) is 4.31 Å². The van der Waals surface area contributed by atoms with E-state index in [2.05, 4.69) is 15.9 Å². The minimum absolute atomic E-state index is 0.329. The summed E-state index contributed by atoms with van der Waals surface area (Å²) in [7, 11) is -1.82. The third-order valence-electron chi connectivity index (χ3n) is 2.76. The predicted octanol–water partition coefficient (Wildman–Crippen LogP) is 3.64. The standard InChI is InChI=1S/C13H14BrNO2S2/c1-10-3-5-12(6-4-10)19(16,17)15(2)8-11-7-13(14)18-9-11/h3-7,9H,8H2,1-2H3. The van der Waals surface area contributed by atoms with Crippen LogP contribution in [0.25, 0.3) is 0 Å². The van der Waals surface area contributed by atoms with Gasteiger partial charge in [0.05, 0.1) is 8.68 Å². The van der Waals surface area contributed by atoms with Crippen molar-refractivity contribution in [1.29, 1.82) is 0 Å². The molecule has 0 spiro atoms. The summed E-state index contributed by atoms with van der Waals surface area (Å²) in [5.74, 6) is 0. The van der Waals surface area contributed by atoms with E-state index in [9.17, 15) is 8.42 Å². The van der Waals surface area contributed by atoms with Crippen molar-refractivity contribution in [2.24, 2.45) is 0 Å². The zero-order valence-electron chi connectivity index (χ0n) is 10.6. The molecule has 0 atom stereocenters. The Morgan fingerprint density at radius 1 is 1.26 bits per heavy atom. The molecule has 1 heterocycles. The highest BCUT2D eigenvalue weighted by atomic mass is 79.9. The molecule has 0 radical (unpaired) electrons. The molecule has 1 aromatic heterocycles. The van der Waals surface area contributed by atoms with Gasteiger partial charge in [0.15, 0.2) is 0 Å². The monoisotopic (exact) mass is 359 g/mol. The molecule has 0 amide bonds. The van der Waals surface area contributed by atoms with Gasteiger partial charge < -0.3 is 0 Å². The molecule has 0 saturated carbocycles. The number of halogens is 1. The Hall–Kier alpha value is -0.690. The largest absolute Gasteiger partial charge is 0.243 e. The Morgan fingerprint density at radius 2 is 1.89 bits per heavy atom. The molecular formula is C13H14BrNO2S2. The maximum atomic E-state index is 12.4. The fourth-order valence-corrected chi connectivity index (χ4v) is 4.02. The fraction of sp³-hybridized carbons (Fsp3) is 0.231. The maximum absolute atomic E-state index is 12.4. The van der Waals surface area contributed by atoms with Gasteiger partial charge in [-0.3, -0.25) is 0 Å². The first-order valence-corrected chi connectivity index (χ1v) is 8.77. The molecular weight excluding hydrogens is 346 g/mol. The lowest BCUT2D eigenvalue weighted by molar-refractivity contribution is 0.467. The Kier molecular flexibility index (Phi) is 4.45. The average Bonchev–Trinajstić information content (AvgIpc) is 2.75. The summed E-state index contributed by atoms with van der Waals surface area (Å²) >= 11 is 4.93. The van der Waals surface area contributed by atoms with Gasteiger partial charge in [-0.2, -0.15) is 4.31 Å². The van der Waals surface area contributed by atoms with Gasteiger partial charge in [0.1, 0.15) is 0 Å². The van der Waals surface area contributed by atoms with Crippen LogP contribution >= 0.6 is 27.3 Å². The second-order valence-electron chi connectivity index (χ2n) is 4.33. The summed E-state index contributed by atoms with van der Waals surface area (Å²) in [5, 5.41) is 1.95. The van der Waals surface area contributed by atoms with Gasteiger partial charge in [0.25, 0.3) is 0 Å². The highest BCUT2D eigenvalue weighted by Gasteiger charge is 2.20. The summed E-state index contributed by atoms with van der Waals surface area (Å²) in [4.78, 5) is 0.329. The highest BCUT2D eigenvalue weighted by molar-refractivity contribution is 9.11. The number of nitrogens with zero attached hydrogens (tertiary/aromatic N) is 1. The van der Waals surface area contributed by atoms with Crippen molar-refractivity contribution < 1.29 is 8.42 Å². The fourth-order valence-electron chi connectivity index (χ4n) is 1.66. The van der Waals surface area contributed by atoms with E-state index in [0.29, 0.717) is 11.4 Å². The summed E-state index contributed by atoms with van der Waals surface area (Å²) in [6, 6.07) is 8.84. The van der Waals surface area contributed by atoms with Gasteiger partial charge >= 0.3 is 0 Å². The van der Waals surface area contributed by atoms with E-state index >= 15 is 0 Å². The van der Waals surface area contributed by atoms with Crippen LogP contribution in [-0.2, 0) is 16.6 Å². The second kappa shape index (κ2) is 5.75. The van der Waals surface area contributed by atoms with E-state index < -0.39 is 10.0 Å². The molecule has 0 aliphatic heterocycles. The van der Waals surface area contributed by atoms with Crippen molar-refractivity contribution in [3.05, 3.63) is 50.6 Å². The number of sulfonamides is 1. The van der Waals surface area contributed by atoms with Crippen LogP contribution < -0.4 is 0 Å². The van der Waals surface area contributed by atoms with Crippen molar-refractivity contribution in [2.45, 2.75) is 18.4 Å². The van der Waals surface area contributed by atoms with Gasteiger partial charge in [-0.05, 0) is 52.0 Å². The number of aryl methyl sites for hydroxylation is 1. The summed E-state index contributed by atoms with van der Waals surface area (Å²) in [6.07, 6.45) is 0. The van der Waals surface area contributed by atoms with Crippen LogP contribution in [0.4, 0.5) is 0 Å². The molecule has 2 aromatic rings. The van der Waals surface area contributed by atoms with Crippen molar-refractivity contribution in [3.63, 3.8) is 0 Å². The molecule has 2 rings (SSSR count). The van der Waals surface area contributed by atoms with Crippen molar-refractivity contribution in [3.8, 4) is 0 Å². The number of benzene rings is 1. The molecule has 3 nitrogen and oxygen atoms in total. The minimum atomic E-state index is -3.42. The number of thiophene rings is 1. The summed E-state index contributed by atoms with van der Waals surface area (Å²) < 4.78 is 27.1. The topological polar surface area (TPSA) is 37.4 Å². The van der Waals surface area contributed by atoms with E-state index in [4.69, 9.17) is 0 Å². The first kappa shape index (κ1) is 14.7. The number of rotatable bonds is 4. The second-order valence-corrected chi connectivity index (χ2v) is 8.67. The maximum Gasteiger partial charge on any atom is 0.243 e. The first-order valence-electron chi connectivity index (χ1n) is 5.65. The van der Waals surface area contributed by atoms with E-state index in [-0.39, 0.29) is 0 Å². The van der Waals surface area contributed by atoms with Crippen molar-refractivity contribution in [2.75, 3.05) is 7.05 Å². The Morgan fingerprint density at radius 3 is 2.42 bits per heavy atom. The molecule has 6 heteroatoms. The first-order chi connectivity index (χ1) is 8.89.